The average molecular weight is 367 g/mol. The Labute approximate surface area is 144 Å². The largest absolute Gasteiger partial charge is 0.277 e. The third-order valence-corrected chi connectivity index (χ3v) is 5.37. The van der Waals surface area contributed by atoms with Crippen molar-refractivity contribution in [3.05, 3.63) is 64.3 Å². The summed E-state index contributed by atoms with van der Waals surface area (Å²) in [7, 11) is -3.88. The lowest BCUT2D eigenvalue weighted by molar-refractivity contribution is 0.601. The molecular formula is C16H12Cl2N2O2S. The topological polar surface area (TPSA) is 59.1 Å². The summed E-state index contributed by atoms with van der Waals surface area (Å²) in [6.07, 6.45) is 0. The predicted octanol–water partition coefficient (Wildman–Crippen LogP) is 4.65. The molecule has 0 saturated carbocycles. The first-order chi connectivity index (χ1) is 10.9. The molecule has 0 radical (unpaired) electrons. The quantitative estimate of drug-likeness (QED) is 0.733. The van der Waals surface area contributed by atoms with Gasteiger partial charge < -0.3 is 0 Å². The predicted molar refractivity (Wildman–Crippen MR) is 93.8 cm³/mol. The highest BCUT2D eigenvalue weighted by atomic mass is 35.5. The summed E-state index contributed by atoms with van der Waals surface area (Å²) in [6, 6.07) is 13.3. The van der Waals surface area contributed by atoms with E-state index in [0.717, 1.165) is 11.1 Å². The molecule has 0 spiro atoms. The molecule has 3 rings (SSSR count). The van der Waals surface area contributed by atoms with E-state index >= 15 is 0 Å². The second-order valence-electron chi connectivity index (χ2n) is 5.01. The van der Waals surface area contributed by atoms with Crippen molar-refractivity contribution in [1.82, 2.24) is 4.98 Å². The Morgan fingerprint density at radius 1 is 1.04 bits per heavy atom. The number of benzene rings is 2. The number of rotatable bonds is 3. The number of hydrogen-bond donors (Lipinski definition) is 1. The smallest absolute Gasteiger partial charge is 0.263 e. The van der Waals surface area contributed by atoms with Crippen molar-refractivity contribution in [3.8, 4) is 0 Å². The molecule has 0 fully saturated rings. The summed E-state index contributed by atoms with van der Waals surface area (Å²) >= 11 is 11.9. The minimum absolute atomic E-state index is 0.0728. The first kappa shape index (κ1) is 16.1. The summed E-state index contributed by atoms with van der Waals surface area (Å²) in [6.45, 7) is 1.85. The molecule has 0 saturated heterocycles. The van der Waals surface area contributed by atoms with Crippen molar-refractivity contribution in [2.24, 2.45) is 0 Å². The number of fused-ring (bicyclic) bond motifs is 1. The van der Waals surface area contributed by atoms with E-state index < -0.39 is 10.0 Å². The number of anilines is 1. The summed E-state index contributed by atoms with van der Waals surface area (Å²) in [4.78, 5) is 4.33. The van der Waals surface area contributed by atoms with Crippen LogP contribution < -0.4 is 4.72 Å². The number of aromatic nitrogens is 1. The maximum atomic E-state index is 12.6. The molecule has 1 N–H and O–H groups in total. The van der Waals surface area contributed by atoms with Crippen LogP contribution >= 0.6 is 23.2 Å². The van der Waals surface area contributed by atoms with Gasteiger partial charge in [-0.1, -0.05) is 41.4 Å². The Balaban J connectivity index is 2.11. The zero-order valence-corrected chi connectivity index (χ0v) is 14.4. The van der Waals surface area contributed by atoms with E-state index in [2.05, 4.69) is 9.71 Å². The summed E-state index contributed by atoms with van der Waals surface area (Å²) in [5, 5.41) is 1.24. The molecule has 0 aliphatic rings. The summed E-state index contributed by atoms with van der Waals surface area (Å²) in [5.74, 6) is 0. The van der Waals surface area contributed by atoms with Crippen molar-refractivity contribution in [2.45, 2.75) is 11.8 Å². The van der Waals surface area contributed by atoms with Gasteiger partial charge in [-0.2, -0.15) is 0 Å². The monoisotopic (exact) mass is 366 g/mol. The van der Waals surface area contributed by atoms with Gasteiger partial charge in [0.1, 0.15) is 4.90 Å². The minimum atomic E-state index is -3.88. The third kappa shape index (κ3) is 3.27. The van der Waals surface area contributed by atoms with E-state index in [9.17, 15) is 8.42 Å². The molecule has 118 valence electrons. The average Bonchev–Trinajstić information content (AvgIpc) is 2.50. The highest BCUT2D eigenvalue weighted by Crippen LogP contribution is 2.29. The lowest BCUT2D eigenvalue weighted by Crippen LogP contribution is -2.14. The van der Waals surface area contributed by atoms with E-state index in [1.807, 2.05) is 25.1 Å². The van der Waals surface area contributed by atoms with E-state index in [1.165, 1.54) is 18.2 Å². The van der Waals surface area contributed by atoms with Gasteiger partial charge in [0.25, 0.3) is 10.0 Å². The number of para-hydroxylation sites is 1. The molecule has 0 aliphatic carbocycles. The van der Waals surface area contributed by atoms with Crippen molar-refractivity contribution in [2.75, 3.05) is 4.72 Å². The van der Waals surface area contributed by atoms with Gasteiger partial charge in [-0.25, -0.2) is 8.42 Å². The molecule has 0 amide bonds. The van der Waals surface area contributed by atoms with Crippen LogP contribution in [0.5, 0.6) is 0 Å². The van der Waals surface area contributed by atoms with Gasteiger partial charge in [-0.3, -0.25) is 9.71 Å². The highest BCUT2D eigenvalue weighted by molar-refractivity contribution is 7.92. The van der Waals surface area contributed by atoms with E-state index in [-0.39, 0.29) is 9.92 Å². The van der Waals surface area contributed by atoms with Crippen molar-refractivity contribution < 1.29 is 8.42 Å². The molecule has 23 heavy (non-hydrogen) atoms. The van der Waals surface area contributed by atoms with Gasteiger partial charge in [0.15, 0.2) is 0 Å². The number of pyridine rings is 1. The maximum Gasteiger partial charge on any atom is 0.263 e. The first-order valence-electron chi connectivity index (χ1n) is 6.71. The van der Waals surface area contributed by atoms with Gasteiger partial charge in [0.05, 0.1) is 16.2 Å². The number of aryl methyl sites for hydroxylation is 1. The van der Waals surface area contributed by atoms with E-state index in [0.29, 0.717) is 16.2 Å². The second-order valence-corrected chi connectivity index (χ2v) is 7.50. The van der Waals surface area contributed by atoms with Crippen LogP contribution in [0.15, 0.2) is 53.4 Å². The molecule has 0 unspecified atom stereocenters. The molecule has 4 nitrogen and oxygen atoms in total. The molecule has 0 aliphatic heterocycles. The van der Waals surface area contributed by atoms with E-state index in [4.69, 9.17) is 23.2 Å². The minimum Gasteiger partial charge on any atom is -0.277 e. The van der Waals surface area contributed by atoms with Crippen molar-refractivity contribution in [3.63, 3.8) is 0 Å². The number of hydrogen-bond acceptors (Lipinski definition) is 3. The molecule has 3 aromatic rings. The van der Waals surface area contributed by atoms with Gasteiger partial charge in [-0.15, -0.1) is 0 Å². The van der Waals surface area contributed by atoms with Crippen molar-refractivity contribution >= 4 is 49.8 Å². The Bertz CT molecular complexity index is 1000. The zero-order chi connectivity index (χ0) is 16.6. The third-order valence-electron chi connectivity index (χ3n) is 3.29. The maximum absolute atomic E-state index is 12.6. The van der Waals surface area contributed by atoms with Gasteiger partial charge in [-0.05, 0) is 37.3 Å². The Morgan fingerprint density at radius 3 is 2.61 bits per heavy atom. The van der Waals surface area contributed by atoms with Crippen LogP contribution in [0.25, 0.3) is 10.9 Å². The standard InChI is InChI=1S/C16H12Cl2N2O2S/c1-10-5-6-11-3-2-4-14(16(11)19-10)20-23(21,22)15-9-12(17)7-8-13(15)18/h2-9,20H,1H3. The van der Waals surface area contributed by atoms with Crippen LogP contribution in [-0.4, -0.2) is 13.4 Å². The van der Waals surface area contributed by atoms with Crippen LogP contribution in [0.2, 0.25) is 10.0 Å². The number of halogens is 2. The summed E-state index contributed by atoms with van der Waals surface area (Å²) < 4.78 is 27.8. The second kappa shape index (κ2) is 6.00. The SMILES string of the molecule is Cc1ccc2cccc(NS(=O)(=O)c3cc(Cl)ccc3Cl)c2n1. The van der Waals surface area contributed by atoms with Crippen LogP contribution in [-0.2, 0) is 10.0 Å². The zero-order valence-electron chi connectivity index (χ0n) is 12.0. The van der Waals surface area contributed by atoms with Crippen LogP contribution in [0.1, 0.15) is 5.69 Å². The summed E-state index contributed by atoms with van der Waals surface area (Å²) in [5.41, 5.74) is 1.77. The van der Waals surface area contributed by atoms with Gasteiger partial charge >= 0.3 is 0 Å². The fourth-order valence-electron chi connectivity index (χ4n) is 2.21. The Morgan fingerprint density at radius 2 is 1.83 bits per heavy atom. The lowest BCUT2D eigenvalue weighted by atomic mass is 10.2. The first-order valence-corrected chi connectivity index (χ1v) is 8.95. The van der Waals surface area contributed by atoms with E-state index in [1.54, 1.807) is 12.1 Å². The molecule has 7 heteroatoms. The van der Waals surface area contributed by atoms with Gasteiger partial charge in [0, 0.05) is 16.1 Å². The highest BCUT2D eigenvalue weighted by Gasteiger charge is 2.20. The molecule has 1 aromatic heterocycles. The molecule has 0 bridgehead atoms. The Kier molecular flexibility index (Phi) is 4.19. The van der Waals surface area contributed by atoms with Crippen LogP contribution in [0.3, 0.4) is 0 Å². The van der Waals surface area contributed by atoms with Crippen molar-refractivity contribution in [1.29, 1.82) is 0 Å². The number of nitrogens with one attached hydrogen (secondary N) is 1. The fourth-order valence-corrected chi connectivity index (χ4v) is 4.04. The molecule has 2 aromatic carbocycles. The number of nitrogens with zero attached hydrogens (tertiary/aromatic N) is 1. The molecular weight excluding hydrogens is 355 g/mol. The Hall–Kier alpha value is -1.82. The number of sulfonamides is 1. The van der Waals surface area contributed by atoms with Crippen LogP contribution in [0.4, 0.5) is 5.69 Å². The molecule has 0 atom stereocenters. The lowest BCUT2D eigenvalue weighted by Gasteiger charge is -2.12. The van der Waals surface area contributed by atoms with Crippen LogP contribution in [0, 0.1) is 6.92 Å². The normalized spacial score (nSPS) is 11.6. The van der Waals surface area contributed by atoms with Gasteiger partial charge in [0.2, 0.25) is 0 Å². The molecule has 1 heterocycles. The fraction of sp³-hybridized carbons (Fsp3) is 0.0625.